The Morgan fingerprint density at radius 1 is 1.19 bits per heavy atom. The maximum Gasteiger partial charge on any atom is 0.216 e. The van der Waals surface area contributed by atoms with Crippen molar-refractivity contribution >= 4 is 11.6 Å². The molecule has 0 spiro atoms. The zero-order valence-corrected chi connectivity index (χ0v) is 13.0. The Morgan fingerprint density at radius 2 is 2.00 bits per heavy atom. The molecule has 1 heterocycles. The molecule has 0 bridgehead atoms. The number of rotatable bonds is 6. The minimum Gasteiger partial charge on any atom is -0.496 e. The minimum atomic E-state index is -0.152. The summed E-state index contributed by atoms with van der Waals surface area (Å²) < 4.78 is 10.6. The van der Waals surface area contributed by atoms with E-state index >= 15 is 0 Å². The highest BCUT2D eigenvalue weighted by molar-refractivity contribution is 6.30. The molecular weight excluding hydrogens is 290 g/mol. The zero-order valence-electron chi connectivity index (χ0n) is 12.3. The molecule has 0 aliphatic carbocycles. The van der Waals surface area contributed by atoms with Crippen LogP contribution >= 0.6 is 11.6 Å². The Balaban J connectivity index is 2.49. The Morgan fingerprint density at radius 3 is 2.67 bits per heavy atom. The first kappa shape index (κ1) is 15.5. The van der Waals surface area contributed by atoms with E-state index < -0.39 is 0 Å². The van der Waals surface area contributed by atoms with Gasteiger partial charge in [0.15, 0.2) is 0 Å². The first-order chi connectivity index (χ1) is 10.2. The van der Waals surface area contributed by atoms with Gasteiger partial charge in [-0.2, -0.15) is 0 Å². The summed E-state index contributed by atoms with van der Waals surface area (Å²) in [4.78, 5) is 8.37. The molecule has 0 aliphatic rings. The molecule has 112 valence electrons. The van der Waals surface area contributed by atoms with E-state index in [1.165, 1.54) is 6.33 Å². The van der Waals surface area contributed by atoms with E-state index in [0.29, 0.717) is 10.9 Å². The van der Waals surface area contributed by atoms with Crippen LogP contribution < -0.4 is 14.8 Å². The standard InChI is InChI=1S/C15H18ClN3O2/c1-4-17-15(12-8-14(21-3)19-9-18-12)11-7-10(16)5-6-13(11)20-2/h5-9,15,17H,4H2,1-3H3. The average molecular weight is 308 g/mol. The van der Waals surface area contributed by atoms with Gasteiger partial charge in [0.2, 0.25) is 5.88 Å². The second-order valence-electron chi connectivity index (χ2n) is 4.36. The quantitative estimate of drug-likeness (QED) is 0.889. The molecule has 2 rings (SSSR count). The predicted octanol–water partition coefficient (Wildman–Crippen LogP) is 2.85. The van der Waals surface area contributed by atoms with Crippen molar-refractivity contribution in [1.82, 2.24) is 15.3 Å². The first-order valence-corrected chi connectivity index (χ1v) is 7.00. The second kappa shape index (κ2) is 7.24. The molecule has 0 fully saturated rings. The maximum absolute atomic E-state index is 6.12. The number of hydrogen-bond acceptors (Lipinski definition) is 5. The van der Waals surface area contributed by atoms with Crippen LogP contribution in [0.4, 0.5) is 0 Å². The van der Waals surface area contributed by atoms with Gasteiger partial charge in [0, 0.05) is 16.7 Å². The number of halogens is 1. The van der Waals surface area contributed by atoms with Crippen LogP contribution in [-0.4, -0.2) is 30.7 Å². The number of hydrogen-bond donors (Lipinski definition) is 1. The molecule has 0 saturated heterocycles. The predicted molar refractivity (Wildman–Crippen MR) is 82.1 cm³/mol. The Bertz CT molecular complexity index is 607. The molecule has 0 radical (unpaired) electrons. The van der Waals surface area contributed by atoms with Crippen LogP contribution in [0, 0.1) is 0 Å². The van der Waals surface area contributed by atoms with Crippen LogP contribution in [0.2, 0.25) is 5.02 Å². The SMILES string of the molecule is CCNC(c1cc(OC)ncn1)c1cc(Cl)ccc1OC. The third-order valence-corrected chi connectivity index (χ3v) is 3.31. The van der Waals surface area contributed by atoms with Crippen molar-refractivity contribution in [3.63, 3.8) is 0 Å². The molecule has 1 N–H and O–H groups in total. The lowest BCUT2D eigenvalue weighted by Crippen LogP contribution is -2.23. The van der Waals surface area contributed by atoms with Crippen LogP contribution in [0.15, 0.2) is 30.6 Å². The molecule has 0 amide bonds. The van der Waals surface area contributed by atoms with E-state index in [-0.39, 0.29) is 6.04 Å². The fourth-order valence-corrected chi connectivity index (χ4v) is 2.31. The van der Waals surface area contributed by atoms with Crippen molar-refractivity contribution in [2.75, 3.05) is 20.8 Å². The van der Waals surface area contributed by atoms with E-state index in [4.69, 9.17) is 21.1 Å². The van der Waals surface area contributed by atoms with Crippen LogP contribution in [0.25, 0.3) is 0 Å². The molecule has 6 heteroatoms. The van der Waals surface area contributed by atoms with Gasteiger partial charge < -0.3 is 14.8 Å². The fourth-order valence-electron chi connectivity index (χ4n) is 2.13. The van der Waals surface area contributed by atoms with Gasteiger partial charge in [-0.3, -0.25) is 0 Å². The van der Waals surface area contributed by atoms with Crippen molar-refractivity contribution in [2.45, 2.75) is 13.0 Å². The van der Waals surface area contributed by atoms with Gasteiger partial charge in [-0.15, -0.1) is 0 Å². The largest absolute Gasteiger partial charge is 0.496 e. The van der Waals surface area contributed by atoms with Gasteiger partial charge in [-0.25, -0.2) is 9.97 Å². The second-order valence-corrected chi connectivity index (χ2v) is 4.80. The normalized spacial score (nSPS) is 12.0. The number of benzene rings is 1. The average Bonchev–Trinajstić information content (AvgIpc) is 2.52. The molecule has 5 nitrogen and oxygen atoms in total. The summed E-state index contributed by atoms with van der Waals surface area (Å²) in [5.74, 6) is 1.27. The monoisotopic (exact) mass is 307 g/mol. The van der Waals surface area contributed by atoms with Crippen LogP contribution in [0.5, 0.6) is 11.6 Å². The summed E-state index contributed by atoms with van der Waals surface area (Å²) in [6.07, 6.45) is 1.48. The Kier molecular flexibility index (Phi) is 5.36. The smallest absolute Gasteiger partial charge is 0.216 e. The van der Waals surface area contributed by atoms with E-state index in [2.05, 4.69) is 15.3 Å². The highest BCUT2D eigenvalue weighted by Crippen LogP contribution is 2.32. The molecule has 1 aromatic heterocycles. The minimum absolute atomic E-state index is 0.152. The van der Waals surface area contributed by atoms with Gasteiger partial charge >= 0.3 is 0 Å². The summed E-state index contributed by atoms with van der Waals surface area (Å²) in [6, 6.07) is 7.17. The zero-order chi connectivity index (χ0) is 15.2. The number of methoxy groups -OCH3 is 2. The van der Waals surface area contributed by atoms with Crippen molar-refractivity contribution in [2.24, 2.45) is 0 Å². The van der Waals surface area contributed by atoms with Crippen molar-refractivity contribution in [3.8, 4) is 11.6 Å². The lowest BCUT2D eigenvalue weighted by atomic mass is 10.0. The van der Waals surface area contributed by atoms with Gasteiger partial charge in [-0.05, 0) is 24.7 Å². The van der Waals surface area contributed by atoms with Gasteiger partial charge in [0.1, 0.15) is 12.1 Å². The number of nitrogens with one attached hydrogen (secondary N) is 1. The van der Waals surface area contributed by atoms with Crippen LogP contribution in [0.3, 0.4) is 0 Å². The van der Waals surface area contributed by atoms with Crippen LogP contribution in [0.1, 0.15) is 24.2 Å². The van der Waals surface area contributed by atoms with Crippen molar-refractivity contribution in [3.05, 3.63) is 46.9 Å². The number of ether oxygens (including phenoxy) is 2. The summed E-state index contributed by atoms with van der Waals surface area (Å²) in [5.41, 5.74) is 1.72. The summed E-state index contributed by atoms with van der Waals surface area (Å²) in [5, 5.41) is 4.03. The maximum atomic E-state index is 6.12. The Hall–Kier alpha value is -1.85. The van der Waals surface area contributed by atoms with Gasteiger partial charge in [0.25, 0.3) is 0 Å². The molecule has 2 aromatic rings. The third kappa shape index (κ3) is 3.62. The highest BCUT2D eigenvalue weighted by Gasteiger charge is 2.20. The molecule has 1 atom stereocenters. The van der Waals surface area contributed by atoms with E-state index in [9.17, 15) is 0 Å². The number of aromatic nitrogens is 2. The highest BCUT2D eigenvalue weighted by atomic mass is 35.5. The Labute approximate surface area is 129 Å². The molecule has 0 saturated carbocycles. The van der Waals surface area contributed by atoms with E-state index in [1.807, 2.05) is 19.1 Å². The fraction of sp³-hybridized carbons (Fsp3) is 0.333. The molecular formula is C15H18ClN3O2. The summed E-state index contributed by atoms with van der Waals surface area (Å²) >= 11 is 6.12. The van der Waals surface area contributed by atoms with Gasteiger partial charge in [0.05, 0.1) is 26.0 Å². The van der Waals surface area contributed by atoms with E-state index in [0.717, 1.165) is 23.6 Å². The summed E-state index contributed by atoms with van der Waals surface area (Å²) in [6.45, 7) is 2.80. The molecule has 0 aliphatic heterocycles. The lowest BCUT2D eigenvalue weighted by molar-refractivity contribution is 0.392. The van der Waals surface area contributed by atoms with Crippen molar-refractivity contribution in [1.29, 1.82) is 0 Å². The summed E-state index contributed by atoms with van der Waals surface area (Å²) in [7, 11) is 3.21. The molecule has 21 heavy (non-hydrogen) atoms. The van der Waals surface area contributed by atoms with E-state index in [1.54, 1.807) is 26.4 Å². The number of nitrogens with zero attached hydrogens (tertiary/aromatic N) is 2. The van der Waals surface area contributed by atoms with Crippen LogP contribution in [-0.2, 0) is 0 Å². The van der Waals surface area contributed by atoms with Crippen molar-refractivity contribution < 1.29 is 9.47 Å². The molecule has 1 aromatic carbocycles. The first-order valence-electron chi connectivity index (χ1n) is 6.62. The van der Waals surface area contributed by atoms with Gasteiger partial charge in [-0.1, -0.05) is 18.5 Å². The topological polar surface area (TPSA) is 56.3 Å². The third-order valence-electron chi connectivity index (χ3n) is 3.08. The lowest BCUT2D eigenvalue weighted by Gasteiger charge is -2.20. The molecule has 1 unspecified atom stereocenters.